The van der Waals surface area contributed by atoms with Crippen LogP contribution in [0.5, 0.6) is 5.88 Å². The summed E-state index contributed by atoms with van der Waals surface area (Å²) in [5, 5.41) is 2.77. The number of nitrogens with zero attached hydrogens (tertiary/aromatic N) is 4. The average molecular weight is 413 g/mol. The highest BCUT2D eigenvalue weighted by molar-refractivity contribution is 6.04. The molecule has 0 bridgehead atoms. The number of hydrogen-bond acceptors (Lipinski definition) is 5. The largest absolute Gasteiger partial charge is 0.420 e. The minimum absolute atomic E-state index is 0.135. The number of imidazole rings is 1. The highest BCUT2D eigenvalue weighted by Crippen LogP contribution is 2.17. The normalized spacial score (nSPS) is 10.4. The molecule has 0 aliphatic heterocycles. The number of benzene rings is 2. The zero-order chi connectivity index (χ0) is 21.6. The Hall–Kier alpha value is -4.46. The van der Waals surface area contributed by atoms with Crippen LogP contribution >= 0.6 is 0 Å². The van der Waals surface area contributed by atoms with Gasteiger partial charge in [-0.1, -0.05) is 18.2 Å². The van der Waals surface area contributed by atoms with Crippen molar-refractivity contribution in [3.8, 4) is 11.6 Å². The van der Waals surface area contributed by atoms with Crippen LogP contribution in [0.1, 0.15) is 10.4 Å². The maximum absolute atomic E-state index is 12.5. The van der Waals surface area contributed by atoms with Gasteiger partial charge in [-0.05, 0) is 42.5 Å². The van der Waals surface area contributed by atoms with Crippen molar-refractivity contribution in [1.29, 1.82) is 0 Å². The van der Waals surface area contributed by atoms with Gasteiger partial charge in [0.05, 0.1) is 18.2 Å². The van der Waals surface area contributed by atoms with E-state index in [1.54, 1.807) is 49.9 Å². The zero-order valence-corrected chi connectivity index (χ0v) is 16.7. The van der Waals surface area contributed by atoms with Crippen LogP contribution in [0.15, 0.2) is 91.6 Å². The number of amides is 2. The second kappa shape index (κ2) is 8.91. The first-order valence-corrected chi connectivity index (χ1v) is 9.46. The third-order valence-electron chi connectivity index (χ3n) is 4.54. The zero-order valence-electron chi connectivity index (χ0n) is 16.7. The van der Waals surface area contributed by atoms with E-state index < -0.39 is 6.09 Å². The summed E-state index contributed by atoms with van der Waals surface area (Å²) in [6.07, 6.45) is 6.07. The van der Waals surface area contributed by atoms with E-state index in [0.717, 1.165) is 5.69 Å². The van der Waals surface area contributed by atoms with Crippen LogP contribution in [0.4, 0.5) is 16.2 Å². The molecule has 0 radical (unpaired) electrons. The number of carbonyl (C=O) groups is 2. The lowest BCUT2D eigenvalue weighted by molar-refractivity contribution is 0.102. The van der Waals surface area contributed by atoms with Crippen LogP contribution in [0, 0.1) is 0 Å². The molecule has 31 heavy (non-hydrogen) atoms. The van der Waals surface area contributed by atoms with Crippen LogP contribution < -0.4 is 15.0 Å². The van der Waals surface area contributed by atoms with E-state index in [4.69, 9.17) is 4.74 Å². The summed E-state index contributed by atoms with van der Waals surface area (Å²) < 4.78 is 7.13. The lowest BCUT2D eigenvalue weighted by Gasteiger charge is -2.16. The molecule has 0 fully saturated rings. The minimum atomic E-state index is -0.562. The Morgan fingerprint density at radius 1 is 1.00 bits per heavy atom. The first-order valence-electron chi connectivity index (χ1n) is 9.46. The van der Waals surface area contributed by atoms with E-state index in [2.05, 4.69) is 15.3 Å². The minimum Gasteiger partial charge on any atom is -0.391 e. The summed E-state index contributed by atoms with van der Waals surface area (Å²) in [5.41, 5.74) is 2.60. The lowest BCUT2D eigenvalue weighted by Crippen LogP contribution is -2.29. The molecule has 0 saturated carbocycles. The fraction of sp³-hybridized carbons (Fsp3) is 0.0435. The van der Waals surface area contributed by atoms with Gasteiger partial charge in [-0.3, -0.25) is 9.69 Å². The molecule has 0 unspecified atom stereocenters. The molecular weight excluding hydrogens is 394 g/mol. The molecule has 1 N–H and O–H groups in total. The van der Waals surface area contributed by atoms with Gasteiger partial charge in [-0.15, -0.1) is 0 Å². The first-order chi connectivity index (χ1) is 15.1. The van der Waals surface area contributed by atoms with Crippen molar-refractivity contribution in [1.82, 2.24) is 14.5 Å². The number of rotatable bonds is 5. The van der Waals surface area contributed by atoms with Crippen molar-refractivity contribution in [3.05, 3.63) is 97.2 Å². The Labute approximate surface area is 178 Å². The maximum Gasteiger partial charge on any atom is 0.420 e. The average Bonchev–Trinajstić information content (AvgIpc) is 3.35. The lowest BCUT2D eigenvalue weighted by atomic mass is 10.2. The summed E-state index contributed by atoms with van der Waals surface area (Å²) in [4.78, 5) is 34.2. The predicted octanol–water partition coefficient (Wildman–Crippen LogP) is 4.15. The molecule has 2 aromatic carbocycles. The number of anilines is 2. The molecule has 4 aromatic rings. The number of pyridine rings is 1. The van der Waals surface area contributed by atoms with Crippen LogP contribution in [-0.4, -0.2) is 33.6 Å². The van der Waals surface area contributed by atoms with Gasteiger partial charge in [-0.2, -0.15) is 0 Å². The second-order valence-corrected chi connectivity index (χ2v) is 6.62. The Balaban J connectivity index is 1.36. The van der Waals surface area contributed by atoms with Crippen molar-refractivity contribution in [2.24, 2.45) is 0 Å². The van der Waals surface area contributed by atoms with Crippen molar-refractivity contribution in [2.45, 2.75) is 0 Å². The second-order valence-electron chi connectivity index (χ2n) is 6.62. The topological polar surface area (TPSA) is 89.4 Å². The number of carbonyl (C=O) groups excluding carboxylic acids is 2. The number of aromatic nitrogens is 3. The molecule has 0 saturated heterocycles. The molecule has 8 nitrogen and oxygen atoms in total. The van der Waals surface area contributed by atoms with E-state index >= 15 is 0 Å². The van der Waals surface area contributed by atoms with Gasteiger partial charge >= 0.3 is 6.09 Å². The standard InChI is InChI=1S/C23H19N5O3/c1-27(19-5-3-2-4-6-19)23(30)31-21-12-9-18(15-25-21)26-22(29)17-7-10-20(11-8-17)28-14-13-24-16-28/h2-16H,1H3,(H,26,29). The van der Waals surface area contributed by atoms with Crippen LogP contribution in [0.25, 0.3) is 5.69 Å². The van der Waals surface area contributed by atoms with E-state index in [9.17, 15) is 9.59 Å². The molecule has 2 heterocycles. The van der Waals surface area contributed by atoms with Crippen molar-refractivity contribution in [3.63, 3.8) is 0 Å². The van der Waals surface area contributed by atoms with E-state index in [1.807, 2.05) is 41.1 Å². The molecule has 0 aliphatic carbocycles. The monoisotopic (exact) mass is 413 g/mol. The highest BCUT2D eigenvalue weighted by atomic mass is 16.6. The fourth-order valence-electron chi connectivity index (χ4n) is 2.83. The Morgan fingerprint density at radius 2 is 1.77 bits per heavy atom. The maximum atomic E-state index is 12.5. The Kier molecular flexibility index (Phi) is 5.70. The molecule has 0 spiro atoms. The summed E-state index contributed by atoms with van der Waals surface area (Å²) in [6.45, 7) is 0. The van der Waals surface area contributed by atoms with Gasteiger partial charge in [0, 0.05) is 42.4 Å². The molecule has 0 atom stereocenters. The molecule has 4 rings (SSSR count). The van der Waals surface area contributed by atoms with Crippen LogP contribution in [-0.2, 0) is 0 Å². The highest BCUT2D eigenvalue weighted by Gasteiger charge is 2.14. The van der Waals surface area contributed by atoms with Gasteiger partial charge in [0.2, 0.25) is 5.88 Å². The Morgan fingerprint density at radius 3 is 2.42 bits per heavy atom. The molecule has 8 heteroatoms. The third kappa shape index (κ3) is 4.76. The number of hydrogen-bond donors (Lipinski definition) is 1. The Bertz CT molecular complexity index is 1160. The fourth-order valence-corrected chi connectivity index (χ4v) is 2.83. The van der Waals surface area contributed by atoms with E-state index in [-0.39, 0.29) is 11.8 Å². The molecule has 154 valence electrons. The SMILES string of the molecule is CN(C(=O)Oc1ccc(NC(=O)c2ccc(-n3ccnc3)cc2)cn1)c1ccccc1. The van der Waals surface area contributed by atoms with Crippen molar-refractivity contribution in [2.75, 3.05) is 17.3 Å². The molecule has 0 aliphatic rings. The van der Waals surface area contributed by atoms with Crippen molar-refractivity contribution >= 4 is 23.4 Å². The summed E-state index contributed by atoms with van der Waals surface area (Å²) in [5.74, 6) is -0.136. The van der Waals surface area contributed by atoms with Gasteiger partial charge in [0.15, 0.2) is 0 Å². The number of para-hydroxylation sites is 1. The van der Waals surface area contributed by atoms with E-state index in [0.29, 0.717) is 16.9 Å². The predicted molar refractivity (Wildman–Crippen MR) is 117 cm³/mol. The first kappa shape index (κ1) is 19.8. The van der Waals surface area contributed by atoms with Crippen molar-refractivity contribution < 1.29 is 14.3 Å². The summed E-state index contributed by atoms with van der Waals surface area (Å²) >= 11 is 0. The summed E-state index contributed by atoms with van der Waals surface area (Å²) in [7, 11) is 1.62. The van der Waals surface area contributed by atoms with Gasteiger partial charge < -0.3 is 14.6 Å². The molecule has 2 aromatic heterocycles. The quantitative estimate of drug-likeness (QED) is 0.531. The molecule has 2 amide bonds. The molecular formula is C23H19N5O3. The van der Waals surface area contributed by atoms with Gasteiger partial charge in [0.1, 0.15) is 0 Å². The van der Waals surface area contributed by atoms with Gasteiger partial charge in [0.25, 0.3) is 5.91 Å². The van der Waals surface area contributed by atoms with Crippen LogP contribution in [0.3, 0.4) is 0 Å². The number of ether oxygens (including phenoxy) is 1. The van der Waals surface area contributed by atoms with E-state index in [1.165, 1.54) is 17.2 Å². The van der Waals surface area contributed by atoms with Gasteiger partial charge in [-0.25, -0.2) is 14.8 Å². The number of nitrogens with one attached hydrogen (secondary N) is 1. The van der Waals surface area contributed by atoms with Crippen LogP contribution in [0.2, 0.25) is 0 Å². The summed E-state index contributed by atoms with van der Waals surface area (Å²) in [6, 6.07) is 19.4. The third-order valence-corrected chi connectivity index (χ3v) is 4.54. The smallest absolute Gasteiger partial charge is 0.391 e.